The third kappa shape index (κ3) is 4.13. The molecular formula is C22H22N2O4. The Morgan fingerprint density at radius 3 is 2.75 bits per heavy atom. The highest BCUT2D eigenvalue weighted by molar-refractivity contribution is 6.00. The average molecular weight is 378 g/mol. The Labute approximate surface area is 163 Å². The normalized spacial score (nSPS) is 16.7. The molecule has 0 unspecified atom stereocenters. The van der Waals surface area contributed by atoms with Crippen LogP contribution in [0.25, 0.3) is 22.8 Å². The summed E-state index contributed by atoms with van der Waals surface area (Å²) in [5.41, 5.74) is 3.29. The zero-order chi connectivity index (χ0) is 19.3. The van der Waals surface area contributed by atoms with Gasteiger partial charge in [-0.2, -0.15) is 0 Å². The van der Waals surface area contributed by atoms with Gasteiger partial charge in [0.1, 0.15) is 0 Å². The summed E-state index contributed by atoms with van der Waals surface area (Å²) in [6, 6.07) is 15.3. The number of nitrogens with zero attached hydrogens (tertiary/aromatic N) is 1. The lowest BCUT2D eigenvalue weighted by Crippen LogP contribution is -2.39. The van der Waals surface area contributed by atoms with Gasteiger partial charge in [-0.1, -0.05) is 42.0 Å². The number of carbonyl (C=O) groups excluding carboxylic acids is 1. The summed E-state index contributed by atoms with van der Waals surface area (Å²) in [5.74, 6) is 0.886. The second-order valence-electron chi connectivity index (χ2n) is 6.72. The number of oxazole rings is 1. The van der Waals surface area contributed by atoms with Crippen LogP contribution in [-0.4, -0.2) is 43.4 Å². The fourth-order valence-corrected chi connectivity index (χ4v) is 3.07. The zero-order valence-corrected chi connectivity index (χ0v) is 15.7. The number of amides is 1. The summed E-state index contributed by atoms with van der Waals surface area (Å²) in [6.07, 6.45) is 1.56. The minimum Gasteiger partial charge on any atom is -0.436 e. The molecule has 1 aromatic heterocycles. The lowest BCUT2D eigenvalue weighted by molar-refractivity contribution is -0.0855. The van der Waals surface area contributed by atoms with Crippen LogP contribution in [0.1, 0.15) is 15.9 Å². The molecule has 28 heavy (non-hydrogen) atoms. The van der Waals surface area contributed by atoms with E-state index in [1.165, 1.54) is 5.56 Å². The molecule has 2 aromatic carbocycles. The molecule has 0 aliphatic carbocycles. The van der Waals surface area contributed by atoms with Crippen molar-refractivity contribution < 1.29 is 18.7 Å². The van der Waals surface area contributed by atoms with E-state index in [1.807, 2.05) is 49.4 Å². The van der Waals surface area contributed by atoms with Gasteiger partial charge in [-0.05, 0) is 19.1 Å². The van der Waals surface area contributed by atoms with E-state index in [1.54, 1.807) is 12.3 Å². The van der Waals surface area contributed by atoms with Crippen molar-refractivity contribution in [2.24, 2.45) is 0 Å². The first-order chi connectivity index (χ1) is 13.7. The summed E-state index contributed by atoms with van der Waals surface area (Å²) in [4.78, 5) is 17.1. The second-order valence-corrected chi connectivity index (χ2v) is 6.72. The van der Waals surface area contributed by atoms with E-state index < -0.39 is 0 Å². The predicted molar refractivity (Wildman–Crippen MR) is 105 cm³/mol. The van der Waals surface area contributed by atoms with E-state index in [0.29, 0.717) is 49.1 Å². The van der Waals surface area contributed by atoms with Gasteiger partial charge >= 0.3 is 0 Å². The van der Waals surface area contributed by atoms with Crippen LogP contribution in [0.5, 0.6) is 0 Å². The molecule has 1 aliphatic heterocycles. The van der Waals surface area contributed by atoms with Gasteiger partial charge < -0.3 is 19.2 Å². The van der Waals surface area contributed by atoms with Crippen molar-refractivity contribution in [2.75, 3.05) is 26.4 Å². The van der Waals surface area contributed by atoms with Crippen molar-refractivity contribution in [1.82, 2.24) is 10.3 Å². The molecule has 1 N–H and O–H groups in total. The Morgan fingerprint density at radius 1 is 1.14 bits per heavy atom. The Hall–Kier alpha value is -2.96. The smallest absolute Gasteiger partial charge is 0.252 e. The third-order valence-corrected chi connectivity index (χ3v) is 4.62. The van der Waals surface area contributed by atoms with Crippen LogP contribution in [0.2, 0.25) is 0 Å². The van der Waals surface area contributed by atoms with Gasteiger partial charge in [0.2, 0.25) is 5.89 Å². The number of nitrogens with one attached hydrogen (secondary N) is 1. The molecular weight excluding hydrogens is 356 g/mol. The van der Waals surface area contributed by atoms with Gasteiger partial charge in [0, 0.05) is 17.7 Å². The number of ether oxygens (including phenoxy) is 2. The van der Waals surface area contributed by atoms with Gasteiger partial charge in [-0.15, -0.1) is 0 Å². The third-order valence-electron chi connectivity index (χ3n) is 4.62. The van der Waals surface area contributed by atoms with Crippen molar-refractivity contribution in [1.29, 1.82) is 0 Å². The summed E-state index contributed by atoms with van der Waals surface area (Å²) < 4.78 is 16.9. The van der Waals surface area contributed by atoms with Crippen LogP contribution in [-0.2, 0) is 9.47 Å². The molecule has 0 saturated carbocycles. The number of rotatable bonds is 5. The summed E-state index contributed by atoms with van der Waals surface area (Å²) >= 11 is 0. The summed E-state index contributed by atoms with van der Waals surface area (Å²) in [5, 5.41) is 2.91. The molecule has 6 heteroatoms. The van der Waals surface area contributed by atoms with Gasteiger partial charge in [-0.3, -0.25) is 4.79 Å². The van der Waals surface area contributed by atoms with E-state index >= 15 is 0 Å². The quantitative estimate of drug-likeness (QED) is 0.736. The standard InChI is InChI=1S/C22H22N2O4/c1-15-6-8-16(9-7-15)20-13-24-22(28-20)19-5-3-2-4-18(19)21(25)23-12-17-14-26-10-11-27-17/h2-9,13,17H,10-12,14H2,1H3,(H,23,25)/t17-/m0/s1. The fraction of sp³-hybridized carbons (Fsp3) is 0.273. The number of benzene rings is 2. The molecule has 0 radical (unpaired) electrons. The molecule has 0 bridgehead atoms. The minimum absolute atomic E-state index is 0.125. The number of hydrogen-bond acceptors (Lipinski definition) is 5. The molecule has 4 rings (SSSR count). The first kappa shape index (κ1) is 18.4. The van der Waals surface area contributed by atoms with Crippen LogP contribution < -0.4 is 5.32 Å². The van der Waals surface area contributed by atoms with Crippen LogP contribution in [0.15, 0.2) is 59.1 Å². The van der Waals surface area contributed by atoms with E-state index in [4.69, 9.17) is 13.9 Å². The molecule has 6 nitrogen and oxygen atoms in total. The van der Waals surface area contributed by atoms with E-state index in [2.05, 4.69) is 10.3 Å². The fourth-order valence-electron chi connectivity index (χ4n) is 3.07. The van der Waals surface area contributed by atoms with Crippen LogP contribution >= 0.6 is 0 Å². The SMILES string of the molecule is Cc1ccc(-c2cnc(-c3ccccc3C(=O)NC[C@H]3COCCO3)o2)cc1. The molecule has 1 aliphatic rings. The maximum atomic E-state index is 12.7. The molecule has 1 atom stereocenters. The lowest BCUT2D eigenvalue weighted by atomic mass is 10.1. The maximum absolute atomic E-state index is 12.7. The largest absolute Gasteiger partial charge is 0.436 e. The number of hydrogen-bond donors (Lipinski definition) is 1. The molecule has 1 saturated heterocycles. The van der Waals surface area contributed by atoms with Crippen LogP contribution in [0.3, 0.4) is 0 Å². The van der Waals surface area contributed by atoms with Gasteiger partial charge in [0.25, 0.3) is 5.91 Å². The maximum Gasteiger partial charge on any atom is 0.252 e. The van der Waals surface area contributed by atoms with Crippen molar-refractivity contribution in [3.05, 3.63) is 65.9 Å². The Kier molecular flexibility index (Phi) is 5.50. The highest BCUT2D eigenvalue weighted by atomic mass is 16.6. The van der Waals surface area contributed by atoms with E-state index in [9.17, 15) is 4.79 Å². The highest BCUT2D eigenvalue weighted by Crippen LogP contribution is 2.28. The van der Waals surface area contributed by atoms with E-state index in [0.717, 1.165) is 5.56 Å². The summed E-state index contributed by atoms with van der Waals surface area (Å²) in [6.45, 7) is 4.07. The molecule has 1 fully saturated rings. The Balaban J connectivity index is 1.52. The minimum atomic E-state index is -0.195. The molecule has 2 heterocycles. The predicted octanol–water partition coefficient (Wildman–Crippen LogP) is 3.46. The monoisotopic (exact) mass is 378 g/mol. The van der Waals surface area contributed by atoms with E-state index in [-0.39, 0.29) is 12.0 Å². The summed E-state index contributed by atoms with van der Waals surface area (Å²) in [7, 11) is 0. The second kappa shape index (κ2) is 8.37. The van der Waals surface area contributed by atoms with Crippen molar-refractivity contribution in [3.63, 3.8) is 0 Å². The zero-order valence-electron chi connectivity index (χ0n) is 15.7. The van der Waals surface area contributed by atoms with Gasteiger partial charge in [0.05, 0.1) is 37.7 Å². The van der Waals surface area contributed by atoms with Gasteiger partial charge in [-0.25, -0.2) is 4.98 Å². The van der Waals surface area contributed by atoms with Crippen LogP contribution in [0, 0.1) is 6.92 Å². The molecule has 3 aromatic rings. The topological polar surface area (TPSA) is 73.6 Å². The number of aromatic nitrogens is 1. The molecule has 1 amide bonds. The first-order valence-corrected chi connectivity index (χ1v) is 9.30. The van der Waals surface area contributed by atoms with Crippen molar-refractivity contribution in [3.8, 4) is 22.8 Å². The van der Waals surface area contributed by atoms with Crippen LogP contribution in [0.4, 0.5) is 0 Å². The lowest BCUT2D eigenvalue weighted by Gasteiger charge is -2.23. The molecule has 0 spiro atoms. The molecule has 144 valence electrons. The van der Waals surface area contributed by atoms with Crippen molar-refractivity contribution in [2.45, 2.75) is 13.0 Å². The van der Waals surface area contributed by atoms with Gasteiger partial charge in [0.15, 0.2) is 5.76 Å². The highest BCUT2D eigenvalue weighted by Gasteiger charge is 2.19. The Morgan fingerprint density at radius 2 is 1.96 bits per heavy atom. The van der Waals surface area contributed by atoms with Crippen molar-refractivity contribution >= 4 is 5.91 Å². The number of carbonyl (C=O) groups is 1. The Bertz CT molecular complexity index is 943. The average Bonchev–Trinajstić information content (AvgIpc) is 3.23. The number of aryl methyl sites for hydroxylation is 1. The first-order valence-electron chi connectivity index (χ1n) is 9.30.